The predicted octanol–water partition coefficient (Wildman–Crippen LogP) is 0.835. The lowest BCUT2D eigenvalue weighted by molar-refractivity contribution is -0.121. The minimum absolute atomic E-state index is 0.0181. The van der Waals surface area contributed by atoms with Crippen molar-refractivity contribution in [2.45, 2.75) is 12.5 Å². The molecule has 0 aromatic heterocycles. The maximum absolute atomic E-state index is 12.4. The van der Waals surface area contributed by atoms with Gasteiger partial charge in [-0.15, -0.1) is 0 Å². The van der Waals surface area contributed by atoms with E-state index in [4.69, 9.17) is 5.73 Å². The summed E-state index contributed by atoms with van der Waals surface area (Å²) in [6.45, 7) is 0. The maximum atomic E-state index is 12.4. The second kappa shape index (κ2) is 6.51. The van der Waals surface area contributed by atoms with Crippen molar-refractivity contribution >= 4 is 29.1 Å². The molecule has 1 fully saturated rings. The Hall–Kier alpha value is -3.19. The number of benzene rings is 2. The molecule has 122 valence electrons. The topological polar surface area (TPSA) is 105 Å². The van der Waals surface area contributed by atoms with Gasteiger partial charge in [-0.2, -0.15) is 0 Å². The number of imide groups is 1. The van der Waals surface area contributed by atoms with Gasteiger partial charge in [0.2, 0.25) is 5.91 Å². The van der Waals surface area contributed by atoms with E-state index in [1.807, 2.05) is 0 Å². The zero-order valence-corrected chi connectivity index (χ0v) is 12.7. The van der Waals surface area contributed by atoms with Gasteiger partial charge in [-0.1, -0.05) is 18.2 Å². The number of para-hydroxylation sites is 1. The Morgan fingerprint density at radius 2 is 1.71 bits per heavy atom. The van der Waals surface area contributed by atoms with Crippen LogP contribution in [0.2, 0.25) is 0 Å². The molecule has 1 aliphatic heterocycles. The molecule has 7 nitrogen and oxygen atoms in total. The highest BCUT2D eigenvalue weighted by atomic mass is 16.2. The molecule has 2 aromatic carbocycles. The molecule has 0 saturated carbocycles. The molecule has 0 unspecified atom stereocenters. The molecule has 3 amide bonds. The Bertz CT molecular complexity index is 774. The number of carbonyl (C=O) groups is 3. The number of nitrogen functional groups attached to an aromatic ring is 1. The van der Waals surface area contributed by atoms with Crippen LogP contribution in [-0.2, 0) is 9.59 Å². The predicted molar refractivity (Wildman–Crippen MR) is 88.8 cm³/mol. The fourth-order valence-electron chi connectivity index (χ4n) is 2.45. The maximum Gasteiger partial charge on any atom is 0.265 e. The van der Waals surface area contributed by atoms with Gasteiger partial charge in [0.15, 0.2) is 0 Å². The summed E-state index contributed by atoms with van der Waals surface area (Å²) in [7, 11) is 0. The van der Waals surface area contributed by atoms with Gasteiger partial charge in [0.05, 0.1) is 12.1 Å². The van der Waals surface area contributed by atoms with Crippen LogP contribution in [0, 0.1) is 0 Å². The van der Waals surface area contributed by atoms with Crippen molar-refractivity contribution in [2.75, 3.05) is 10.6 Å². The highest BCUT2D eigenvalue weighted by Crippen LogP contribution is 2.22. The smallest absolute Gasteiger partial charge is 0.265 e. The van der Waals surface area contributed by atoms with E-state index in [0.717, 1.165) is 4.90 Å². The van der Waals surface area contributed by atoms with E-state index in [1.54, 1.807) is 54.6 Å². The van der Waals surface area contributed by atoms with Crippen LogP contribution in [0.4, 0.5) is 11.4 Å². The second-order valence-corrected chi connectivity index (χ2v) is 5.38. The summed E-state index contributed by atoms with van der Waals surface area (Å²) in [5, 5.41) is 0. The highest BCUT2D eigenvalue weighted by Gasteiger charge is 2.39. The summed E-state index contributed by atoms with van der Waals surface area (Å²) < 4.78 is 0. The van der Waals surface area contributed by atoms with Crippen LogP contribution in [-0.4, -0.2) is 23.8 Å². The van der Waals surface area contributed by atoms with Crippen molar-refractivity contribution in [3.05, 3.63) is 60.2 Å². The van der Waals surface area contributed by atoms with Gasteiger partial charge >= 0.3 is 0 Å². The zero-order valence-electron chi connectivity index (χ0n) is 12.7. The van der Waals surface area contributed by atoms with Crippen molar-refractivity contribution in [3.8, 4) is 0 Å². The number of hydrogen-bond donors (Lipinski definition) is 3. The SMILES string of the molecule is Nc1ccc(C(=O)NN[C@@H]2CC(=O)N(c3ccccc3)C2=O)cc1. The summed E-state index contributed by atoms with van der Waals surface area (Å²) in [4.78, 5) is 37.6. The second-order valence-electron chi connectivity index (χ2n) is 5.38. The number of hydrogen-bond acceptors (Lipinski definition) is 5. The van der Waals surface area contributed by atoms with Gasteiger partial charge < -0.3 is 5.73 Å². The number of nitrogens with one attached hydrogen (secondary N) is 2. The number of nitrogens with zero attached hydrogens (tertiary/aromatic N) is 1. The quantitative estimate of drug-likeness (QED) is 0.439. The van der Waals surface area contributed by atoms with Crippen LogP contribution in [0.25, 0.3) is 0 Å². The van der Waals surface area contributed by atoms with Crippen LogP contribution >= 0.6 is 0 Å². The van der Waals surface area contributed by atoms with E-state index in [1.165, 1.54) is 0 Å². The molecule has 2 aromatic rings. The zero-order chi connectivity index (χ0) is 17.1. The standard InChI is InChI=1S/C17H16N4O3/c18-12-8-6-11(7-9-12)16(23)20-19-14-10-15(22)21(17(14)24)13-4-2-1-3-5-13/h1-9,14,19H,10,18H2,(H,20,23)/t14-/m1/s1. The molecular formula is C17H16N4O3. The number of amides is 3. The minimum Gasteiger partial charge on any atom is -0.399 e. The molecule has 24 heavy (non-hydrogen) atoms. The summed E-state index contributed by atoms with van der Waals surface area (Å²) in [6, 6.07) is 14.2. The van der Waals surface area contributed by atoms with E-state index in [0.29, 0.717) is 16.9 Å². The average molecular weight is 324 g/mol. The third kappa shape index (κ3) is 3.11. The third-order valence-electron chi connectivity index (χ3n) is 3.69. The Labute approximate surface area is 138 Å². The van der Waals surface area contributed by atoms with E-state index in [9.17, 15) is 14.4 Å². The minimum atomic E-state index is -0.796. The van der Waals surface area contributed by atoms with Gasteiger partial charge in [0.1, 0.15) is 6.04 Å². The van der Waals surface area contributed by atoms with Crippen molar-refractivity contribution in [2.24, 2.45) is 0 Å². The summed E-state index contributed by atoms with van der Waals surface area (Å²) in [5.74, 6) is -1.12. The first kappa shape index (κ1) is 15.7. The number of rotatable bonds is 4. The van der Waals surface area contributed by atoms with Gasteiger partial charge in [-0.25, -0.2) is 10.3 Å². The van der Waals surface area contributed by atoms with Crippen LogP contribution in [0.5, 0.6) is 0 Å². The first-order chi connectivity index (χ1) is 11.6. The average Bonchev–Trinajstić information content (AvgIpc) is 2.88. The Kier molecular flexibility index (Phi) is 4.26. The molecule has 0 spiro atoms. The monoisotopic (exact) mass is 324 g/mol. The molecule has 1 heterocycles. The van der Waals surface area contributed by atoms with Crippen LogP contribution in [0.3, 0.4) is 0 Å². The molecule has 4 N–H and O–H groups in total. The largest absolute Gasteiger partial charge is 0.399 e. The molecule has 0 aliphatic carbocycles. The lowest BCUT2D eigenvalue weighted by atomic mass is 10.2. The normalized spacial score (nSPS) is 17.2. The third-order valence-corrected chi connectivity index (χ3v) is 3.69. The molecule has 1 aliphatic rings. The number of hydrazine groups is 1. The van der Waals surface area contributed by atoms with Crippen molar-refractivity contribution in [1.82, 2.24) is 10.9 Å². The van der Waals surface area contributed by atoms with Gasteiger partial charge in [-0.05, 0) is 36.4 Å². The number of anilines is 2. The molecule has 1 atom stereocenters. The molecule has 0 bridgehead atoms. The Balaban J connectivity index is 1.64. The van der Waals surface area contributed by atoms with Gasteiger partial charge in [-0.3, -0.25) is 19.8 Å². The number of carbonyl (C=O) groups excluding carboxylic acids is 3. The highest BCUT2D eigenvalue weighted by molar-refractivity contribution is 6.22. The van der Waals surface area contributed by atoms with Crippen LogP contribution < -0.4 is 21.5 Å². The van der Waals surface area contributed by atoms with Crippen LogP contribution in [0.1, 0.15) is 16.8 Å². The lowest BCUT2D eigenvalue weighted by Crippen LogP contribution is -2.48. The lowest BCUT2D eigenvalue weighted by Gasteiger charge is -2.15. The van der Waals surface area contributed by atoms with E-state index in [-0.39, 0.29) is 12.3 Å². The molecular weight excluding hydrogens is 308 g/mol. The Morgan fingerprint density at radius 3 is 2.38 bits per heavy atom. The molecule has 1 saturated heterocycles. The fourth-order valence-corrected chi connectivity index (χ4v) is 2.45. The van der Waals surface area contributed by atoms with Gasteiger partial charge in [0.25, 0.3) is 11.8 Å². The van der Waals surface area contributed by atoms with Gasteiger partial charge in [0, 0.05) is 11.3 Å². The van der Waals surface area contributed by atoms with Crippen LogP contribution in [0.15, 0.2) is 54.6 Å². The molecule has 0 radical (unpaired) electrons. The number of nitrogens with two attached hydrogens (primary N) is 1. The molecule has 7 heteroatoms. The van der Waals surface area contributed by atoms with Crippen molar-refractivity contribution in [3.63, 3.8) is 0 Å². The van der Waals surface area contributed by atoms with E-state index >= 15 is 0 Å². The van der Waals surface area contributed by atoms with Crippen molar-refractivity contribution in [1.29, 1.82) is 0 Å². The summed E-state index contributed by atoms with van der Waals surface area (Å²) >= 11 is 0. The first-order valence-electron chi connectivity index (χ1n) is 7.39. The summed E-state index contributed by atoms with van der Waals surface area (Å²) in [5.41, 5.74) is 12.1. The summed E-state index contributed by atoms with van der Waals surface area (Å²) in [6.07, 6.45) is -0.0181. The Morgan fingerprint density at radius 1 is 1.04 bits per heavy atom. The molecule has 3 rings (SSSR count). The van der Waals surface area contributed by atoms with Crippen molar-refractivity contribution < 1.29 is 14.4 Å². The first-order valence-corrected chi connectivity index (χ1v) is 7.39. The van der Waals surface area contributed by atoms with E-state index in [2.05, 4.69) is 10.9 Å². The fraction of sp³-hybridized carbons (Fsp3) is 0.118. The van der Waals surface area contributed by atoms with E-state index < -0.39 is 17.9 Å².